The summed E-state index contributed by atoms with van der Waals surface area (Å²) in [6.07, 6.45) is 9.20. The first-order chi connectivity index (χ1) is 16.8. The van der Waals surface area contributed by atoms with Gasteiger partial charge in [-0.1, -0.05) is 43.3 Å². The molecule has 182 valence electrons. The Hall–Kier alpha value is -2.34. The van der Waals surface area contributed by atoms with Crippen LogP contribution in [-0.4, -0.2) is 33.1 Å². The zero-order valence-corrected chi connectivity index (χ0v) is 21.3. The zero-order valence-electron chi connectivity index (χ0n) is 20.5. The van der Waals surface area contributed by atoms with Crippen LogP contribution in [0.2, 0.25) is 0 Å². The standard InChI is InChI=1S/C29H32N2O3S/c1-28-12-11-18(32)13-17(28)7-8-19-20-9-10-21(29(20,2)14-24(33)27(19)28)25(34)16-35-26-15-30-22-5-3-4-6-23(22)31-26/h3-6,13,15,19-21,27H,7-12,14,16H2,1-2H3. The van der Waals surface area contributed by atoms with Gasteiger partial charge in [-0.2, -0.15) is 0 Å². The number of rotatable bonds is 4. The number of carbonyl (C=O) groups excluding carboxylic acids is 3. The fourth-order valence-corrected chi connectivity index (χ4v) is 8.95. The van der Waals surface area contributed by atoms with Crippen molar-refractivity contribution >= 4 is 40.1 Å². The highest BCUT2D eigenvalue weighted by Crippen LogP contribution is 2.65. The number of carbonyl (C=O) groups is 3. The molecule has 0 radical (unpaired) electrons. The number of nitrogens with zero attached hydrogens (tertiary/aromatic N) is 2. The molecule has 4 aliphatic carbocycles. The summed E-state index contributed by atoms with van der Waals surface area (Å²) in [5, 5.41) is 0.767. The van der Waals surface area contributed by atoms with Crippen molar-refractivity contribution in [2.45, 2.75) is 63.8 Å². The van der Waals surface area contributed by atoms with E-state index in [4.69, 9.17) is 0 Å². The normalized spacial score (nSPS) is 36.3. The number of thioether (sulfide) groups is 1. The highest BCUT2D eigenvalue weighted by atomic mass is 32.2. The van der Waals surface area contributed by atoms with E-state index in [-0.39, 0.29) is 34.2 Å². The van der Waals surface area contributed by atoms with Crippen LogP contribution in [0, 0.1) is 34.5 Å². The number of aromatic nitrogens is 2. The van der Waals surface area contributed by atoms with E-state index in [1.54, 1.807) is 6.20 Å². The van der Waals surface area contributed by atoms with E-state index in [1.165, 1.54) is 17.3 Å². The number of Topliss-reactive ketones (excluding diaryl/α,β-unsaturated/α-hetero) is 2. The third-order valence-corrected chi connectivity index (χ3v) is 10.7. The van der Waals surface area contributed by atoms with Gasteiger partial charge in [-0.3, -0.25) is 19.4 Å². The van der Waals surface area contributed by atoms with Crippen molar-refractivity contribution in [2.24, 2.45) is 34.5 Å². The Morgan fingerprint density at radius 1 is 1.09 bits per heavy atom. The molecule has 0 amide bonds. The maximum absolute atomic E-state index is 13.7. The van der Waals surface area contributed by atoms with Crippen molar-refractivity contribution in [3.63, 3.8) is 0 Å². The molecule has 0 aliphatic heterocycles. The molecule has 35 heavy (non-hydrogen) atoms. The van der Waals surface area contributed by atoms with Crippen LogP contribution in [0.15, 0.2) is 47.1 Å². The molecule has 6 rings (SSSR count). The largest absolute Gasteiger partial charge is 0.299 e. The summed E-state index contributed by atoms with van der Waals surface area (Å²) >= 11 is 1.46. The van der Waals surface area contributed by atoms with E-state index >= 15 is 0 Å². The average Bonchev–Trinajstić information content (AvgIpc) is 3.19. The highest BCUT2D eigenvalue weighted by Gasteiger charge is 2.63. The van der Waals surface area contributed by atoms with Gasteiger partial charge in [-0.15, -0.1) is 0 Å². The maximum atomic E-state index is 13.7. The van der Waals surface area contributed by atoms with Gasteiger partial charge >= 0.3 is 0 Å². The van der Waals surface area contributed by atoms with Gasteiger partial charge in [0.05, 0.1) is 23.0 Å². The SMILES string of the molecule is CC12CCC(=O)C=C1CCC1C2C(=O)CC2(C)C(C(=O)CSc3cnc4ccccc4n3)CCC12. The molecule has 2 aromatic rings. The lowest BCUT2D eigenvalue weighted by Crippen LogP contribution is -2.55. The third kappa shape index (κ3) is 3.62. The minimum absolute atomic E-state index is 0.00442. The molecular formula is C29H32N2O3S. The number of hydrogen-bond acceptors (Lipinski definition) is 6. The van der Waals surface area contributed by atoms with Gasteiger partial charge in [0, 0.05) is 24.7 Å². The van der Waals surface area contributed by atoms with E-state index in [0.29, 0.717) is 36.2 Å². The molecule has 3 saturated carbocycles. The van der Waals surface area contributed by atoms with Gasteiger partial charge in [-0.05, 0) is 73.0 Å². The number of benzene rings is 1. The van der Waals surface area contributed by atoms with Gasteiger partial charge in [-0.25, -0.2) is 4.98 Å². The van der Waals surface area contributed by atoms with E-state index in [9.17, 15) is 14.4 Å². The minimum atomic E-state index is -0.257. The van der Waals surface area contributed by atoms with Crippen LogP contribution >= 0.6 is 11.8 Å². The summed E-state index contributed by atoms with van der Waals surface area (Å²) in [6, 6.07) is 7.76. The van der Waals surface area contributed by atoms with Gasteiger partial charge in [0.2, 0.25) is 0 Å². The molecular weight excluding hydrogens is 456 g/mol. The molecule has 6 atom stereocenters. The first kappa shape index (κ1) is 23.1. The lowest BCUT2D eigenvalue weighted by atomic mass is 9.46. The van der Waals surface area contributed by atoms with Crippen LogP contribution in [0.5, 0.6) is 0 Å². The molecule has 0 N–H and O–H groups in total. The van der Waals surface area contributed by atoms with Gasteiger partial charge in [0.15, 0.2) is 5.78 Å². The molecule has 3 fully saturated rings. The first-order valence-electron chi connectivity index (χ1n) is 12.9. The monoisotopic (exact) mass is 488 g/mol. The van der Waals surface area contributed by atoms with Gasteiger partial charge in [0.1, 0.15) is 16.6 Å². The van der Waals surface area contributed by atoms with Crippen molar-refractivity contribution in [3.05, 3.63) is 42.1 Å². The van der Waals surface area contributed by atoms with Crippen molar-refractivity contribution in [1.82, 2.24) is 9.97 Å². The predicted molar refractivity (Wildman–Crippen MR) is 136 cm³/mol. The van der Waals surface area contributed by atoms with E-state index in [2.05, 4.69) is 23.8 Å². The van der Waals surface area contributed by atoms with E-state index in [1.807, 2.05) is 30.3 Å². The highest BCUT2D eigenvalue weighted by molar-refractivity contribution is 7.99. The minimum Gasteiger partial charge on any atom is -0.299 e. The molecule has 5 nitrogen and oxygen atoms in total. The van der Waals surface area contributed by atoms with Crippen molar-refractivity contribution in [2.75, 3.05) is 5.75 Å². The molecule has 0 spiro atoms. The fraction of sp³-hybridized carbons (Fsp3) is 0.552. The summed E-state index contributed by atoms with van der Waals surface area (Å²) in [4.78, 5) is 48.5. The fourth-order valence-electron chi connectivity index (χ4n) is 8.17. The first-order valence-corrected chi connectivity index (χ1v) is 13.9. The van der Waals surface area contributed by atoms with E-state index < -0.39 is 0 Å². The molecule has 1 aromatic heterocycles. The van der Waals surface area contributed by atoms with Crippen LogP contribution in [0.3, 0.4) is 0 Å². The Balaban J connectivity index is 1.20. The van der Waals surface area contributed by atoms with Crippen LogP contribution < -0.4 is 0 Å². The second kappa shape index (κ2) is 8.36. The van der Waals surface area contributed by atoms with Crippen LogP contribution in [-0.2, 0) is 14.4 Å². The van der Waals surface area contributed by atoms with Crippen molar-refractivity contribution in [3.8, 4) is 0 Å². The Morgan fingerprint density at radius 3 is 2.71 bits per heavy atom. The lowest BCUT2D eigenvalue weighted by molar-refractivity contribution is -0.148. The smallest absolute Gasteiger partial charge is 0.155 e. The topological polar surface area (TPSA) is 77.0 Å². The molecule has 4 aliphatic rings. The Morgan fingerprint density at radius 2 is 1.89 bits per heavy atom. The maximum Gasteiger partial charge on any atom is 0.155 e. The molecule has 0 saturated heterocycles. The van der Waals surface area contributed by atoms with Gasteiger partial charge in [0.25, 0.3) is 0 Å². The third-order valence-electron chi connectivity index (χ3n) is 9.83. The summed E-state index contributed by atoms with van der Waals surface area (Å²) in [5.41, 5.74) is 2.46. The summed E-state index contributed by atoms with van der Waals surface area (Å²) in [6.45, 7) is 4.43. The number of allylic oxidation sites excluding steroid dienone is 1. The zero-order chi connectivity index (χ0) is 24.4. The summed E-state index contributed by atoms with van der Waals surface area (Å²) in [7, 11) is 0. The summed E-state index contributed by atoms with van der Waals surface area (Å²) < 4.78 is 0. The molecule has 6 heteroatoms. The molecule has 0 bridgehead atoms. The Kier molecular flexibility index (Phi) is 5.51. The number of hydrogen-bond donors (Lipinski definition) is 0. The Bertz CT molecular complexity index is 1270. The Labute approximate surface area is 210 Å². The van der Waals surface area contributed by atoms with Crippen LogP contribution in [0.4, 0.5) is 0 Å². The second-order valence-corrected chi connectivity index (χ2v) is 12.6. The van der Waals surface area contributed by atoms with Crippen molar-refractivity contribution < 1.29 is 14.4 Å². The van der Waals surface area contributed by atoms with Gasteiger partial charge < -0.3 is 0 Å². The molecule has 1 heterocycles. The number of fused-ring (bicyclic) bond motifs is 6. The van der Waals surface area contributed by atoms with Crippen molar-refractivity contribution in [1.29, 1.82) is 0 Å². The quantitative estimate of drug-likeness (QED) is 0.520. The number of para-hydroxylation sites is 2. The lowest BCUT2D eigenvalue weighted by Gasteiger charge is -2.56. The average molecular weight is 489 g/mol. The number of ketones is 3. The predicted octanol–water partition coefficient (Wildman–Crippen LogP) is 5.62. The molecule has 1 aromatic carbocycles. The molecule has 6 unspecified atom stereocenters. The van der Waals surface area contributed by atoms with Crippen LogP contribution in [0.25, 0.3) is 11.0 Å². The summed E-state index contributed by atoms with van der Waals surface area (Å²) in [5.74, 6) is 1.81. The second-order valence-electron chi connectivity index (χ2n) is 11.6. The van der Waals surface area contributed by atoms with E-state index in [0.717, 1.165) is 48.2 Å². The van der Waals surface area contributed by atoms with Crippen LogP contribution in [0.1, 0.15) is 58.8 Å².